The Bertz CT molecular complexity index is 204. The summed E-state index contributed by atoms with van der Waals surface area (Å²) in [6, 6.07) is 0. The molecule has 3 nitrogen and oxygen atoms in total. The van der Waals surface area contributed by atoms with Crippen LogP contribution in [0.1, 0.15) is 38.5 Å². The van der Waals surface area contributed by atoms with Crippen LogP contribution in [-0.4, -0.2) is 38.0 Å². The van der Waals surface area contributed by atoms with Gasteiger partial charge < -0.3 is 15.2 Å². The van der Waals surface area contributed by atoms with Gasteiger partial charge in [0.05, 0.1) is 0 Å². The van der Waals surface area contributed by atoms with Crippen molar-refractivity contribution >= 4 is 0 Å². The molecule has 2 fully saturated rings. The summed E-state index contributed by atoms with van der Waals surface area (Å²) in [5.41, 5.74) is 0. The fourth-order valence-electron chi connectivity index (χ4n) is 3.22. The van der Waals surface area contributed by atoms with Crippen LogP contribution in [0.2, 0.25) is 0 Å². The lowest BCUT2D eigenvalue weighted by Gasteiger charge is -2.31. The van der Waals surface area contributed by atoms with Crippen molar-refractivity contribution < 1.29 is 9.84 Å². The van der Waals surface area contributed by atoms with E-state index in [-0.39, 0.29) is 0 Å². The van der Waals surface area contributed by atoms with E-state index in [1.165, 1.54) is 38.5 Å². The molecule has 100 valence electrons. The van der Waals surface area contributed by atoms with E-state index >= 15 is 0 Å². The van der Waals surface area contributed by atoms with Crippen molar-refractivity contribution in [2.45, 2.75) is 38.5 Å². The molecule has 2 atom stereocenters. The molecule has 3 heteroatoms. The molecule has 0 aromatic carbocycles. The average molecular weight is 241 g/mol. The van der Waals surface area contributed by atoms with E-state index in [2.05, 4.69) is 5.32 Å². The first-order valence-electron chi connectivity index (χ1n) is 7.29. The maximum atomic E-state index is 9.37. The Morgan fingerprint density at radius 1 is 0.941 bits per heavy atom. The van der Waals surface area contributed by atoms with E-state index in [1.807, 2.05) is 0 Å². The third-order valence-electron chi connectivity index (χ3n) is 4.48. The van der Waals surface area contributed by atoms with Crippen LogP contribution in [0.4, 0.5) is 0 Å². The summed E-state index contributed by atoms with van der Waals surface area (Å²) in [5, 5.41) is 13.0. The fourth-order valence-corrected chi connectivity index (χ4v) is 3.22. The van der Waals surface area contributed by atoms with Crippen molar-refractivity contribution in [2.24, 2.45) is 17.8 Å². The van der Waals surface area contributed by atoms with Crippen LogP contribution in [-0.2, 0) is 4.74 Å². The molecule has 2 unspecified atom stereocenters. The highest BCUT2D eigenvalue weighted by Gasteiger charge is 2.24. The van der Waals surface area contributed by atoms with Gasteiger partial charge in [-0.2, -0.15) is 0 Å². The molecule has 0 amide bonds. The van der Waals surface area contributed by atoms with E-state index in [0.717, 1.165) is 32.2 Å². The first kappa shape index (κ1) is 13.3. The molecule has 1 saturated heterocycles. The molecular formula is C14H27NO2. The van der Waals surface area contributed by atoms with E-state index in [0.29, 0.717) is 18.4 Å². The summed E-state index contributed by atoms with van der Waals surface area (Å²) in [6.07, 6.45) is 7.59. The van der Waals surface area contributed by atoms with Gasteiger partial charge in [0.25, 0.3) is 0 Å². The minimum absolute atomic E-state index is 0.379. The van der Waals surface area contributed by atoms with Gasteiger partial charge >= 0.3 is 0 Å². The highest BCUT2D eigenvalue weighted by Crippen LogP contribution is 2.29. The topological polar surface area (TPSA) is 41.5 Å². The van der Waals surface area contributed by atoms with E-state index in [9.17, 15) is 5.11 Å². The van der Waals surface area contributed by atoms with Gasteiger partial charge in [0.15, 0.2) is 0 Å². The summed E-state index contributed by atoms with van der Waals surface area (Å²) >= 11 is 0. The zero-order valence-corrected chi connectivity index (χ0v) is 10.9. The molecule has 0 aromatic heterocycles. The molecular weight excluding hydrogens is 214 g/mol. The van der Waals surface area contributed by atoms with Gasteiger partial charge in [-0.1, -0.05) is 12.8 Å². The molecule has 0 spiro atoms. The van der Waals surface area contributed by atoms with Gasteiger partial charge in [0.1, 0.15) is 0 Å². The highest BCUT2D eigenvalue weighted by atomic mass is 16.5. The first-order chi connectivity index (χ1) is 8.40. The van der Waals surface area contributed by atoms with Crippen molar-refractivity contribution in [3.63, 3.8) is 0 Å². The van der Waals surface area contributed by atoms with Crippen LogP contribution < -0.4 is 5.32 Å². The Kier molecular flexibility index (Phi) is 5.75. The van der Waals surface area contributed by atoms with Crippen molar-refractivity contribution in [3.05, 3.63) is 0 Å². The molecule has 1 saturated carbocycles. The smallest absolute Gasteiger partial charge is 0.0469 e. The van der Waals surface area contributed by atoms with Gasteiger partial charge in [-0.25, -0.2) is 0 Å². The maximum Gasteiger partial charge on any atom is 0.0469 e. The molecule has 1 aliphatic heterocycles. The second-order valence-electron chi connectivity index (χ2n) is 5.70. The van der Waals surface area contributed by atoms with Crippen LogP contribution in [0.5, 0.6) is 0 Å². The third-order valence-corrected chi connectivity index (χ3v) is 4.48. The monoisotopic (exact) mass is 241 g/mol. The van der Waals surface area contributed by atoms with E-state index in [1.54, 1.807) is 0 Å². The summed E-state index contributed by atoms with van der Waals surface area (Å²) in [7, 11) is 0. The summed E-state index contributed by atoms with van der Waals surface area (Å²) in [5.74, 6) is 2.06. The van der Waals surface area contributed by atoms with Crippen molar-refractivity contribution in [3.8, 4) is 0 Å². The van der Waals surface area contributed by atoms with Gasteiger partial charge in [0, 0.05) is 19.8 Å². The highest BCUT2D eigenvalue weighted by molar-refractivity contribution is 4.77. The minimum Gasteiger partial charge on any atom is -0.396 e. The third kappa shape index (κ3) is 4.23. The van der Waals surface area contributed by atoms with Crippen molar-refractivity contribution in [1.82, 2.24) is 5.32 Å². The molecule has 0 bridgehead atoms. The average Bonchev–Trinajstić information content (AvgIpc) is 2.40. The quantitative estimate of drug-likeness (QED) is 0.771. The second-order valence-corrected chi connectivity index (χ2v) is 5.70. The molecule has 0 aromatic rings. The maximum absolute atomic E-state index is 9.37. The zero-order chi connectivity index (χ0) is 11.9. The lowest BCUT2D eigenvalue weighted by atomic mass is 9.79. The van der Waals surface area contributed by atoms with Crippen molar-refractivity contribution in [2.75, 3.05) is 32.9 Å². The predicted octanol–water partition coefficient (Wildman–Crippen LogP) is 1.80. The number of ether oxygens (including phenoxy) is 1. The van der Waals surface area contributed by atoms with Gasteiger partial charge in [-0.3, -0.25) is 0 Å². The Labute approximate surface area is 105 Å². The SMILES string of the molecule is OCC1CCCCC1CNCC1CCOCC1. The number of aliphatic hydroxyl groups is 1. The first-order valence-corrected chi connectivity index (χ1v) is 7.29. The molecule has 17 heavy (non-hydrogen) atoms. The lowest BCUT2D eigenvalue weighted by Crippen LogP contribution is -2.35. The summed E-state index contributed by atoms with van der Waals surface area (Å²) < 4.78 is 5.37. The molecule has 2 N–H and O–H groups in total. The van der Waals surface area contributed by atoms with Crippen LogP contribution in [0.3, 0.4) is 0 Å². The van der Waals surface area contributed by atoms with Gasteiger partial charge in [0.2, 0.25) is 0 Å². The Morgan fingerprint density at radius 2 is 1.65 bits per heavy atom. The number of hydrogen-bond donors (Lipinski definition) is 2. The van der Waals surface area contributed by atoms with Crippen LogP contribution in [0.25, 0.3) is 0 Å². The van der Waals surface area contributed by atoms with Crippen LogP contribution in [0.15, 0.2) is 0 Å². The predicted molar refractivity (Wildman–Crippen MR) is 68.9 cm³/mol. The lowest BCUT2D eigenvalue weighted by molar-refractivity contribution is 0.0648. The number of nitrogens with one attached hydrogen (secondary N) is 1. The van der Waals surface area contributed by atoms with Crippen LogP contribution >= 0.6 is 0 Å². The molecule has 1 heterocycles. The molecule has 0 radical (unpaired) electrons. The Morgan fingerprint density at radius 3 is 2.35 bits per heavy atom. The van der Waals surface area contributed by atoms with E-state index < -0.39 is 0 Å². The Hall–Kier alpha value is -0.120. The minimum atomic E-state index is 0.379. The second kappa shape index (κ2) is 7.34. The van der Waals surface area contributed by atoms with Crippen LogP contribution in [0, 0.1) is 17.8 Å². The zero-order valence-electron chi connectivity index (χ0n) is 10.9. The largest absolute Gasteiger partial charge is 0.396 e. The fraction of sp³-hybridized carbons (Fsp3) is 1.00. The number of rotatable bonds is 5. The number of hydrogen-bond acceptors (Lipinski definition) is 3. The molecule has 2 aliphatic rings. The van der Waals surface area contributed by atoms with Gasteiger partial charge in [-0.15, -0.1) is 0 Å². The van der Waals surface area contributed by atoms with E-state index in [4.69, 9.17) is 4.74 Å². The molecule has 1 aliphatic carbocycles. The summed E-state index contributed by atoms with van der Waals surface area (Å²) in [4.78, 5) is 0. The number of aliphatic hydroxyl groups excluding tert-OH is 1. The van der Waals surface area contributed by atoms with Gasteiger partial charge in [-0.05, 0) is 56.5 Å². The van der Waals surface area contributed by atoms with Crippen molar-refractivity contribution in [1.29, 1.82) is 0 Å². The standard InChI is InChI=1S/C14H27NO2/c16-11-14-4-2-1-3-13(14)10-15-9-12-5-7-17-8-6-12/h12-16H,1-11H2. The normalized spacial score (nSPS) is 31.6. The summed E-state index contributed by atoms with van der Waals surface area (Å²) in [6.45, 7) is 4.49. The molecule has 2 rings (SSSR count). The Balaban J connectivity index is 1.62.